The van der Waals surface area contributed by atoms with Gasteiger partial charge in [-0.25, -0.2) is 0 Å². The van der Waals surface area contributed by atoms with E-state index in [2.05, 4.69) is 24.2 Å². The van der Waals surface area contributed by atoms with E-state index in [1.165, 1.54) is 0 Å². The number of benzene rings is 1. The molecule has 1 aromatic carbocycles. The molecule has 1 N–H and O–H groups in total. The van der Waals surface area contributed by atoms with E-state index < -0.39 is 0 Å². The smallest absolute Gasteiger partial charge is 0.274 e. The predicted molar refractivity (Wildman–Crippen MR) is 79.7 cm³/mol. The van der Waals surface area contributed by atoms with E-state index in [1.807, 2.05) is 12.1 Å². The van der Waals surface area contributed by atoms with Gasteiger partial charge in [0.15, 0.2) is 0 Å². The van der Waals surface area contributed by atoms with Crippen molar-refractivity contribution in [2.45, 2.75) is 25.8 Å². The van der Waals surface area contributed by atoms with E-state index in [0.717, 1.165) is 38.0 Å². The highest BCUT2D eigenvalue weighted by Crippen LogP contribution is 2.38. The van der Waals surface area contributed by atoms with Crippen molar-refractivity contribution < 1.29 is 4.92 Å². The Bertz CT molecular complexity index is 464. The molecule has 1 aliphatic rings. The SMILES string of the molecule is CCNCC1CCCN(C)C1c1ccccc1[N+](=O)[O-]. The number of nitrogens with zero attached hydrogens (tertiary/aromatic N) is 2. The summed E-state index contributed by atoms with van der Waals surface area (Å²) in [5.41, 5.74) is 1.09. The van der Waals surface area contributed by atoms with Gasteiger partial charge in [0.2, 0.25) is 0 Å². The largest absolute Gasteiger partial charge is 0.317 e. The Kier molecular flexibility index (Phi) is 5.09. The quantitative estimate of drug-likeness (QED) is 0.664. The Morgan fingerprint density at radius 3 is 2.90 bits per heavy atom. The Morgan fingerprint density at radius 2 is 2.20 bits per heavy atom. The minimum atomic E-state index is -0.262. The summed E-state index contributed by atoms with van der Waals surface area (Å²) >= 11 is 0. The van der Waals surface area contributed by atoms with Gasteiger partial charge in [0, 0.05) is 17.7 Å². The molecule has 0 bridgehead atoms. The molecule has 1 heterocycles. The van der Waals surface area contributed by atoms with Gasteiger partial charge in [-0.2, -0.15) is 0 Å². The van der Waals surface area contributed by atoms with Crippen LogP contribution < -0.4 is 5.32 Å². The summed E-state index contributed by atoms with van der Waals surface area (Å²) in [6, 6.07) is 7.29. The van der Waals surface area contributed by atoms with Crippen LogP contribution in [0.25, 0.3) is 0 Å². The molecule has 0 saturated carbocycles. The second-order valence-corrected chi connectivity index (χ2v) is 5.45. The molecular weight excluding hydrogens is 254 g/mol. The van der Waals surface area contributed by atoms with Crippen molar-refractivity contribution in [2.75, 3.05) is 26.7 Å². The van der Waals surface area contributed by atoms with Gasteiger partial charge < -0.3 is 5.32 Å². The molecule has 0 amide bonds. The van der Waals surface area contributed by atoms with E-state index in [1.54, 1.807) is 12.1 Å². The summed E-state index contributed by atoms with van der Waals surface area (Å²) in [5.74, 6) is 0.426. The third-order valence-corrected chi connectivity index (χ3v) is 4.12. The van der Waals surface area contributed by atoms with Crippen molar-refractivity contribution in [3.05, 3.63) is 39.9 Å². The molecule has 1 aliphatic heterocycles. The standard InChI is InChI=1S/C15H23N3O2/c1-3-16-11-12-7-6-10-17(2)15(12)13-8-4-5-9-14(13)18(19)20/h4-5,8-9,12,15-16H,3,6-7,10-11H2,1-2H3. The fourth-order valence-electron chi connectivity index (χ4n) is 3.20. The monoisotopic (exact) mass is 277 g/mol. The van der Waals surface area contributed by atoms with Crippen LogP contribution in [0.1, 0.15) is 31.4 Å². The summed E-state index contributed by atoms with van der Waals surface area (Å²) in [6.45, 7) is 4.94. The summed E-state index contributed by atoms with van der Waals surface area (Å²) < 4.78 is 0. The molecule has 1 saturated heterocycles. The Morgan fingerprint density at radius 1 is 1.45 bits per heavy atom. The zero-order chi connectivity index (χ0) is 14.5. The van der Waals surface area contributed by atoms with Crippen LogP contribution in [0.4, 0.5) is 5.69 Å². The number of para-hydroxylation sites is 1. The number of nitrogens with one attached hydrogen (secondary N) is 1. The highest BCUT2D eigenvalue weighted by Gasteiger charge is 2.34. The molecule has 2 atom stereocenters. The van der Waals surface area contributed by atoms with Gasteiger partial charge in [0.1, 0.15) is 0 Å². The maximum Gasteiger partial charge on any atom is 0.274 e. The molecule has 5 nitrogen and oxygen atoms in total. The maximum absolute atomic E-state index is 11.3. The molecule has 2 unspecified atom stereocenters. The minimum Gasteiger partial charge on any atom is -0.317 e. The number of nitro benzene ring substituents is 1. The molecular formula is C15H23N3O2. The van der Waals surface area contributed by atoms with E-state index in [0.29, 0.717) is 5.92 Å². The first-order valence-electron chi connectivity index (χ1n) is 7.29. The number of piperidine rings is 1. The lowest BCUT2D eigenvalue weighted by molar-refractivity contribution is -0.386. The topological polar surface area (TPSA) is 58.4 Å². The number of likely N-dealkylation sites (tertiary alicyclic amines) is 1. The Hall–Kier alpha value is -1.46. The molecule has 5 heteroatoms. The number of hydrogen-bond donors (Lipinski definition) is 1. The third kappa shape index (κ3) is 3.16. The average Bonchev–Trinajstić information content (AvgIpc) is 2.45. The van der Waals surface area contributed by atoms with Crippen LogP contribution in [0.2, 0.25) is 0 Å². The molecule has 1 aromatic rings. The van der Waals surface area contributed by atoms with Gasteiger partial charge in [-0.15, -0.1) is 0 Å². The molecule has 0 spiro atoms. The minimum absolute atomic E-state index is 0.129. The predicted octanol–water partition coefficient (Wildman–Crippen LogP) is 2.59. The van der Waals surface area contributed by atoms with Gasteiger partial charge >= 0.3 is 0 Å². The first-order chi connectivity index (χ1) is 9.65. The molecule has 110 valence electrons. The summed E-state index contributed by atoms with van der Waals surface area (Å²) in [6.07, 6.45) is 2.28. The van der Waals surface area contributed by atoms with Crippen molar-refractivity contribution in [3.8, 4) is 0 Å². The van der Waals surface area contributed by atoms with Gasteiger partial charge in [-0.05, 0) is 45.4 Å². The number of nitro groups is 1. The van der Waals surface area contributed by atoms with Gasteiger partial charge in [0.05, 0.1) is 4.92 Å². The summed E-state index contributed by atoms with van der Waals surface area (Å²) in [4.78, 5) is 13.3. The van der Waals surface area contributed by atoms with E-state index in [9.17, 15) is 10.1 Å². The van der Waals surface area contributed by atoms with Crippen LogP contribution in [0.5, 0.6) is 0 Å². The van der Waals surface area contributed by atoms with Crippen LogP contribution in [0.15, 0.2) is 24.3 Å². The second kappa shape index (κ2) is 6.81. The molecule has 20 heavy (non-hydrogen) atoms. The van der Waals surface area contributed by atoms with Gasteiger partial charge in [0.25, 0.3) is 5.69 Å². The van der Waals surface area contributed by atoms with Crippen molar-refractivity contribution in [3.63, 3.8) is 0 Å². The maximum atomic E-state index is 11.3. The molecule has 1 fully saturated rings. The average molecular weight is 277 g/mol. The van der Waals surface area contributed by atoms with Crippen LogP contribution in [-0.2, 0) is 0 Å². The highest BCUT2D eigenvalue weighted by atomic mass is 16.6. The lowest BCUT2D eigenvalue weighted by Gasteiger charge is -2.39. The van der Waals surface area contributed by atoms with Crippen LogP contribution >= 0.6 is 0 Å². The van der Waals surface area contributed by atoms with E-state index in [4.69, 9.17) is 0 Å². The molecule has 2 rings (SSSR count). The van der Waals surface area contributed by atoms with Crippen LogP contribution in [0, 0.1) is 16.0 Å². The fourth-order valence-corrected chi connectivity index (χ4v) is 3.20. The van der Waals surface area contributed by atoms with Crippen LogP contribution in [-0.4, -0.2) is 36.5 Å². The van der Waals surface area contributed by atoms with Crippen molar-refractivity contribution in [1.29, 1.82) is 0 Å². The Labute approximate surface area is 120 Å². The lowest BCUT2D eigenvalue weighted by atomic mass is 9.84. The normalized spacial score (nSPS) is 23.7. The Balaban J connectivity index is 2.32. The number of hydrogen-bond acceptors (Lipinski definition) is 4. The zero-order valence-electron chi connectivity index (χ0n) is 12.2. The first-order valence-corrected chi connectivity index (χ1v) is 7.29. The molecule has 0 aromatic heterocycles. The molecule has 0 aliphatic carbocycles. The van der Waals surface area contributed by atoms with Crippen molar-refractivity contribution >= 4 is 5.69 Å². The van der Waals surface area contributed by atoms with E-state index in [-0.39, 0.29) is 16.7 Å². The highest BCUT2D eigenvalue weighted by molar-refractivity contribution is 5.42. The van der Waals surface area contributed by atoms with Gasteiger partial charge in [-0.3, -0.25) is 15.0 Å². The van der Waals surface area contributed by atoms with Crippen molar-refractivity contribution in [2.24, 2.45) is 5.92 Å². The van der Waals surface area contributed by atoms with Gasteiger partial charge in [-0.1, -0.05) is 25.1 Å². The van der Waals surface area contributed by atoms with Crippen molar-refractivity contribution in [1.82, 2.24) is 10.2 Å². The molecule has 0 radical (unpaired) electrons. The van der Waals surface area contributed by atoms with E-state index >= 15 is 0 Å². The summed E-state index contributed by atoms with van der Waals surface area (Å²) in [7, 11) is 2.07. The van der Waals surface area contributed by atoms with Crippen LogP contribution in [0.3, 0.4) is 0 Å². The lowest BCUT2D eigenvalue weighted by Crippen LogP contribution is -2.40. The zero-order valence-corrected chi connectivity index (χ0v) is 12.2. The fraction of sp³-hybridized carbons (Fsp3) is 0.600. The summed E-state index contributed by atoms with van der Waals surface area (Å²) in [5, 5.41) is 14.7. The second-order valence-electron chi connectivity index (χ2n) is 5.45. The first kappa shape index (κ1) is 14.9. The number of rotatable bonds is 5. The third-order valence-electron chi connectivity index (χ3n) is 4.12.